The lowest BCUT2D eigenvalue weighted by Gasteiger charge is -2.39. The molecule has 0 spiro atoms. The first kappa shape index (κ1) is 21.5. The number of hydrogen-bond acceptors (Lipinski definition) is 5. The minimum Gasteiger partial charge on any atom is -0.338 e. The van der Waals surface area contributed by atoms with Crippen molar-refractivity contribution in [1.82, 2.24) is 19.9 Å². The Hall–Kier alpha value is -3.75. The summed E-state index contributed by atoms with van der Waals surface area (Å²) in [7, 11) is 0. The van der Waals surface area contributed by atoms with E-state index in [1.165, 1.54) is 12.1 Å². The number of aryl methyl sites for hydroxylation is 1. The number of anilines is 1. The van der Waals surface area contributed by atoms with Gasteiger partial charge in [0.25, 0.3) is 5.89 Å². The van der Waals surface area contributed by atoms with Crippen molar-refractivity contribution in [3.8, 4) is 11.5 Å². The Kier molecular flexibility index (Phi) is 6.16. The number of para-hydroxylation sites is 1. The second-order valence-corrected chi connectivity index (χ2v) is 7.85. The summed E-state index contributed by atoms with van der Waals surface area (Å²) in [6.07, 6.45) is 0.0173. The minimum atomic E-state index is -0.493. The number of hydrogen-bond donors (Lipinski definition) is 1. The molecule has 9 heteroatoms. The maximum Gasteiger partial charge on any atom is 0.322 e. The third-order valence-electron chi connectivity index (χ3n) is 5.40. The number of nitrogens with one attached hydrogen (secondary N) is 1. The summed E-state index contributed by atoms with van der Waals surface area (Å²) >= 11 is 0. The molecule has 3 amide bonds. The number of benzene rings is 2. The third-order valence-corrected chi connectivity index (χ3v) is 5.40. The molecule has 0 radical (unpaired) electrons. The molecule has 0 bridgehead atoms. The summed E-state index contributed by atoms with van der Waals surface area (Å²) in [5, 5.41) is 6.52. The highest BCUT2D eigenvalue weighted by molar-refractivity contribution is 5.90. The van der Waals surface area contributed by atoms with Gasteiger partial charge in [-0.15, -0.1) is 0 Å². The largest absolute Gasteiger partial charge is 0.338 e. The SMILES string of the molecule is Cc1cccc(-c2nc(CC(=O)N3CCN(C(=O)Nc4ccccc4F)C(C)C3)no2)c1. The topological polar surface area (TPSA) is 91.6 Å². The van der Waals surface area contributed by atoms with Crippen molar-refractivity contribution >= 4 is 17.6 Å². The first-order chi connectivity index (χ1) is 15.4. The maximum absolute atomic E-state index is 13.8. The van der Waals surface area contributed by atoms with Crippen molar-refractivity contribution in [3.63, 3.8) is 0 Å². The normalized spacial score (nSPS) is 16.2. The Balaban J connectivity index is 1.34. The van der Waals surface area contributed by atoms with E-state index in [1.807, 2.05) is 38.1 Å². The van der Waals surface area contributed by atoms with Gasteiger partial charge in [0, 0.05) is 31.2 Å². The molecule has 3 aromatic rings. The van der Waals surface area contributed by atoms with Gasteiger partial charge in [-0.3, -0.25) is 4.79 Å². The standard InChI is InChI=1S/C23H24FN5O3/c1-15-6-5-7-17(12-15)22-26-20(27-32-22)13-21(30)28-10-11-29(16(2)14-28)23(31)25-19-9-4-3-8-18(19)24/h3-9,12,16H,10-11,13-14H2,1-2H3,(H,25,31). The van der Waals surface area contributed by atoms with Crippen LogP contribution in [0.2, 0.25) is 0 Å². The number of nitrogens with zero attached hydrogens (tertiary/aromatic N) is 4. The van der Waals surface area contributed by atoms with Crippen molar-refractivity contribution in [2.24, 2.45) is 0 Å². The predicted molar refractivity (Wildman–Crippen MR) is 116 cm³/mol. The Morgan fingerprint density at radius 2 is 2.00 bits per heavy atom. The summed E-state index contributed by atoms with van der Waals surface area (Å²) in [6.45, 7) is 4.91. The molecule has 1 N–H and O–H groups in total. The highest BCUT2D eigenvalue weighted by atomic mass is 19.1. The fourth-order valence-electron chi connectivity index (χ4n) is 3.70. The number of piperazine rings is 1. The van der Waals surface area contributed by atoms with Crippen molar-refractivity contribution in [1.29, 1.82) is 0 Å². The zero-order valence-corrected chi connectivity index (χ0v) is 17.9. The molecule has 2 heterocycles. The van der Waals surface area contributed by atoms with Gasteiger partial charge in [-0.05, 0) is 38.1 Å². The van der Waals surface area contributed by atoms with E-state index in [9.17, 15) is 14.0 Å². The van der Waals surface area contributed by atoms with Crippen LogP contribution in [0.25, 0.3) is 11.5 Å². The van der Waals surface area contributed by atoms with E-state index in [-0.39, 0.29) is 24.1 Å². The molecule has 1 aromatic heterocycles. The van der Waals surface area contributed by atoms with Crippen molar-refractivity contribution in [2.75, 3.05) is 25.0 Å². The Bertz CT molecular complexity index is 1130. The fraction of sp³-hybridized carbons (Fsp3) is 0.304. The molecule has 0 saturated carbocycles. The second-order valence-electron chi connectivity index (χ2n) is 7.85. The van der Waals surface area contributed by atoms with Crippen LogP contribution in [0.1, 0.15) is 18.3 Å². The van der Waals surface area contributed by atoms with E-state index in [0.29, 0.717) is 31.3 Å². The molecule has 2 aromatic carbocycles. The molecular weight excluding hydrogens is 413 g/mol. The molecular formula is C23H24FN5O3. The summed E-state index contributed by atoms with van der Waals surface area (Å²) in [6, 6.07) is 13.1. The van der Waals surface area contributed by atoms with Crippen LogP contribution in [0.3, 0.4) is 0 Å². The lowest BCUT2D eigenvalue weighted by atomic mass is 10.1. The van der Waals surface area contributed by atoms with Crippen LogP contribution in [0.5, 0.6) is 0 Å². The Labute approximate surface area is 185 Å². The number of carbonyl (C=O) groups is 2. The smallest absolute Gasteiger partial charge is 0.322 e. The van der Waals surface area contributed by atoms with Crippen LogP contribution < -0.4 is 5.32 Å². The zero-order chi connectivity index (χ0) is 22.7. The van der Waals surface area contributed by atoms with Gasteiger partial charge < -0.3 is 19.6 Å². The molecule has 8 nitrogen and oxygen atoms in total. The molecule has 1 aliphatic rings. The molecule has 1 fully saturated rings. The van der Waals surface area contributed by atoms with Crippen LogP contribution in [0.4, 0.5) is 14.9 Å². The van der Waals surface area contributed by atoms with Gasteiger partial charge in [0.05, 0.1) is 12.1 Å². The quantitative estimate of drug-likeness (QED) is 0.675. The fourth-order valence-corrected chi connectivity index (χ4v) is 3.70. The first-order valence-corrected chi connectivity index (χ1v) is 10.4. The third kappa shape index (κ3) is 4.77. The number of urea groups is 1. The molecule has 1 aliphatic heterocycles. The van der Waals surface area contributed by atoms with E-state index in [0.717, 1.165) is 11.1 Å². The molecule has 1 saturated heterocycles. The number of halogens is 1. The summed E-state index contributed by atoms with van der Waals surface area (Å²) in [5.41, 5.74) is 2.01. The highest BCUT2D eigenvalue weighted by Crippen LogP contribution is 2.19. The van der Waals surface area contributed by atoms with Crippen LogP contribution in [-0.4, -0.2) is 57.6 Å². The lowest BCUT2D eigenvalue weighted by Crippen LogP contribution is -2.56. The summed E-state index contributed by atoms with van der Waals surface area (Å²) < 4.78 is 19.1. The lowest BCUT2D eigenvalue weighted by molar-refractivity contribution is -0.132. The second kappa shape index (κ2) is 9.17. The molecule has 32 heavy (non-hydrogen) atoms. The highest BCUT2D eigenvalue weighted by Gasteiger charge is 2.30. The van der Waals surface area contributed by atoms with Gasteiger partial charge in [-0.2, -0.15) is 4.98 Å². The van der Waals surface area contributed by atoms with E-state index in [2.05, 4.69) is 15.5 Å². The molecule has 1 atom stereocenters. The summed E-state index contributed by atoms with van der Waals surface area (Å²) in [4.78, 5) is 32.9. The van der Waals surface area contributed by atoms with Crippen LogP contribution >= 0.6 is 0 Å². The van der Waals surface area contributed by atoms with Gasteiger partial charge in [0.15, 0.2) is 5.82 Å². The first-order valence-electron chi connectivity index (χ1n) is 10.4. The summed E-state index contributed by atoms with van der Waals surface area (Å²) in [5.74, 6) is 0.0634. The van der Waals surface area contributed by atoms with Gasteiger partial charge in [0.2, 0.25) is 5.91 Å². The molecule has 4 rings (SSSR count). The zero-order valence-electron chi connectivity index (χ0n) is 17.9. The number of aromatic nitrogens is 2. The van der Waals surface area contributed by atoms with Crippen molar-refractivity contribution in [2.45, 2.75) is 26.3 Å². The van der Waals surface area contributed by atoms with Crippen molar-refractivity contribution < 1.29 is 18.5 Å². The monoisotopic (exact) mass is 437 g/mol. The Morgan fingerprint density at radius 1 is 1.19 bits per heavy atom. The molecule has 1 unspecified atom stereocenters. The number of amides is 3. The molecule has 166 valence electrons. The van der Waals surface area contributed by atoms with E-state index in [4.69, 9.17) is 4.52 Å². The van der Waals surface area contributed by atoms with E-state index >= 15 is 0 Å². The van der Waals surface area contributed by atoms with Gasteiger partial charge in [-0.25, -0.2) is 9.18 Å². The Morgan fingerprint density at radius 3 is 2.75 bits per heavy atom. The average Bonchev–Trinajstić information content (AvgIpc) is 3.23. The van der Waals surface area contributed by atoms with Crippen LogP contribution in [0.15, 0.2) is 53.1 Å². The van der Waals surface area contributed by atoms with Gasteiger partial charge in [0.1, 0.15) is 5.82 Å². The van der Waals surface area contributed by atoms with Crippen LogP contribution in [0, 0.1) is 12.7 Å². The predicted octanol–water partition coefficient (Wildman–Crippen LogP) is 3.49. The molecule has 0 aliphatic carbocycles. The number of carbonyl (C=O) groups excluding carboxylic acids is 2. The van der Waals surface area contributed by atoms with Gasteiger partial charge in [-0.1, -0.05) is 35.0 Å². The minimum absolute atomic E-state index is 0.0173. The number of rotatable bonds is 4. The van der Waals surface area contributed by atoms with Crippen LogP contribution in [-0.2, 0) is 11.2 Å². The van der Waals surface area contributed by atoms with Crippen molar-refractivity contribution in [3.05, 3.63) is 65.7 Å². The van der Waals surface area contributed by atoms with E-state index in [1.54, 1.807) is 21.9 Å². The van der Waals surface area contributed by atoms with E-state index < -0.39 is 11.8 Å². The average molecular weight is 437 g/mol. The van der Waals surface area contributed by atoms with Gasteiger partial charge >= 0.3 is 6.03 Å². The maximum atomic E-state index is 13.8.